The van der Waals surface area contributed by atoms with Crippen molar-refractivity contribution in [3.8, 4) is 0 Å². The number of hydrogen-bond acceptors (Lipinski definition) is 3. The first-order valence-corrected chi connectivity index (χ1v) is 7.63. The number of anilines is 1. The van der Waals surface area contributed by atoms with Gasteiger partial charge in [-0.25, -0.2) is 4.79 Å². The van der Waals surface area contributed by atoms with Crippen molar-refractivity contribution in [2.75, 3.05) is 38.1 Å². The molecule has 1 atom stereocenters. The molecule has 5 nitrogen and oxygen atoms in total. The Kier molecular flexibility index (Phi) is 6.02. The molecule has 2 rings (SSSR count). The van der Waals surface area contributed by atoms with Crippen LogP contribution in [-0.2, 0) is 4.74 Å². The minimum Gasteiger partial charge on any atom is -0.375 e. The molecule has 1 aliphatic rings. The number of carbonyl (C=O) groups is 1. The summed E-state index contributed by atoms with van der Waals surface area (Å²) < 4.78 is 5.71. The molecule has 0 spiro atoms. The van der Waals surface area contributed by atoms with E-state index >= 15 is 0 Å². The Morgan fingerprint density at radius 2 is 2.14 bits per heavy atom. The summed E-state index contributed by atoms with van der Waals surface area (Å²) in [6, 6.07) is 7.59. The average molecular weight is 291 g/mol. The number of nitrogens with zero attached hydrogens (tertiary/aromatic N) is 1. The van der Waals surface area contributed by atoms with E-state index in [1.54, 1.807) is 0 Å². The molecule has 0 aromatic heterocycles. The van der Waals surface area contributed by atoms with Gasteiger partial charge in [0.05, 0.1) is 12.7 Å². The average Bonchev–Trinajstić information content (AvgIpc) is 2.50. The fraction of sp³-hybridized carbons (Fsp3) is 0.562. The van der Waals surface area contributed by atoms with Crippen LogP contribution in [0, 0.1) is 6.92 Å². The van der Waals surface area contributed by atoms with Gasteiger partial charge in [-0.05, 0) is 32.0 Å². The second-order valence-electron chi connectivity index (χ2n) is 5.42. The minimum absolute atomic E-state index is 0.165. The molecular formula is C16H25N3O2. The summed E-state index contributed by atoms with van der Waals surface area (Å²) in [5.74, 6) is 0. The molecule has 0 radical (unpaired) electrons. The van der Waals surface area contributed by atoms with Gasteiger partial charge in [0.25, 0.3) is 0 Å². The highest BCUT2D eigenvalue weighted by molar-refractivity contribution is 5.89. The first kappa shape index (κ1) is 15.8. The van der Waals surface area contributed by atoms with Crippen molar-refractivity contribution in [3.05, 3.63) is 29.8 Å². The lowest BCUT2D eigenvalue weighted by molar-refractivity contribution is -0.0294. The van der Waals surface area contributed by atoms with Crippen LogP contribution in [0.15, 0.2) is 24.3 Å². The number of nitrogens with one attached hydrogen (secondary N) is 2. The Morgan fingerprint density at radius 1 is 1.38 bits per heavy atom. The second-order valence-corrected chi connectivity index (χ2v) is 5.42. The third-order valence-electron chi connectivity index (χ3n) is 3.73. The van der Waals surface area contributed by atoms with Crippen molar-refractivity contribution in [2.24, 2.45) is 0 Å². The van der Waals surface area contributed by atoms with Gasteiger partial charge >= 0.3 is 6.03 Å². The van der Waals surface area contributed by atoms with Gasteiger partial charge in [0.1, 0.15) is 0 Å². The van der Waals surface area contributed by atoms with Crippen LogP contribution >= 0.6 is 0 Å². The van der Waals surface area contributed by atoms with Gasteiger partial charge < -0.3 is 15.4 Å². The maximum Gasteiger partial charge on any atom is 0.319 e. The monoisotopic (exact) mass is 291 g/mol. The van der Waals surface area contributed by atoms with Gasteiger partial charge in [0.15, 0.2) is 0 Å². The van der Waals surface area contributed by atoms with Crippen molar-refractivity contribution in [1.82, 2.24) is 10.2 Å². The maximum atomic E-state index is 11.8. The topological polar surface area (TPSA) is 53.6 Å². The van der Waals surface area contributed by atoms with E-state index in [0.29, 0.717) is 6.54 Å². The Labute approximate surface area is 126 Å². The lowest BCUT2D eigenvalue weighted by Crippen LogP contribution is -2.43. The van der Waals surface area contributed by atoms with E-state index in [1.807, 2.05) is 31.2 Å². The normalized spacial score (nSPS) is 19.2. The highest BCUT2D eigenvalue weighted by atomic mass is 16.5. The van der Waals surface area contributed by atoms with Crippen LogP contribution in [-0.4, -0.2) is 49.8 Å². The van der Waals surface area contributed by atoms with Gasteiger partial charge in [-0.3, -0.25) is 4.90 Å². The summed E-state index contributed by atoms with van der Waals surface area (Å²) in [5.41, 5.74) is 1.99. The van der Waals surface area contributed by atoms with E-state index in [1.165, 1.54) is 5.56 Å². The first-order valence-electron chi connectivity index (χ1n) is 7.63. The van der Waals surface area contributed by atoms with Crippen LogP contribution in [0.4, 0.5) is 10.5 Å². The number of benzene rings is 1. The summed E-state index contributed by atoms with van der Waals surface area (Å²) in [6.45, 7) is 8.62. The number of likely N-dealkylation sites (N-methyl/N-ethyl adjacent to an activating group) is 1. The van der Waals surface area contributed by atoms with Gasteiger partial charge in [-0.2, -0.15) is 0 Å². The third-order valence-corrected chi connectivity index (χ3v) is 3.73. The molecule has 0 unspecified atom stereocenters. The predicted octanol–water partition coefficient (Wildman–Crippen LogP) is 2.23. The second kappa shape index (κ2) is 8.00. The highest BCUT2D eigenvalue weighted by Crippen LogP contribution is 2.09. The van der Waals surface area contributed by atoms with E-state index in [2.05, 4.69) is 22.5 Å². The lowest BCUT2D eigenvalue weighted by atomic mass is 10.2. The SMILES string of the molecule is CCN1CCO[C@@H](CCNC(=O)Nc2ccc(C)cc2)C1. The first-order chi connectivity index (χ1) is 10.2. The standard InChI is InChI=1S/C16H25N3O2/c1-3-19-10-11-21-15(12-19)8-9-17-16(20)18-14-6-4-13(2)5-7-14/h4-7,15H,3,8-12H2,1-2H3,(H2,17,18,20)/t15-/m0/s1. The number of amides is 2. The zero-order valence-electron chi connectivity index (χ0n) is 12.9. The molecule has 2 N–H and O–H groups in total. The van der Waals surface area contributed by atoms with Crippen LogP contribution in [0.5, 0.6) is 0 Å². The number of aryl methyl sites for hydroxylation is 1. The van der Waals surface area contributed by atoms with Crippen LogP contribution < -0.4 is 10.6 Å². The molecule has 1 aliphatic heterocycles. The van der Waals surface area contributed by atoms with E-state index in [9.17, 15) is 4.79 Å². The zero-order chi connectivity index (χ0) is 15.1. The predicted molar refractivity (Wildman–Crippen MR) is 84.7 cm³/mol. The molecule has 21 heavy (non-hydrogen) atoms. The maximum absolute atomic E-state index is 11.8. The van der Waals surface area contributed by atoms with Crippen LogP contribution in [0.1, 0.15) is 18.9 Å². The zero-order valence-corrected chi connectivity index (χ0v) is 12.9. The molecule has 0 saturated carbocycles. The summed E-state index contributed by atoms with van der Waals surface area (Å²) in [5, 5.41) is 5.70. The molecule has 116 valence electrons. The van der Waals surface area contributed by atoms with Gasteiger partial charge in [0.2, 0.25) is 0 Å². The minimum atomic E-state index is -0.165. The summed E-state index contributed by atoms with van der Waals surface area (Å²) in [7, 11) is 0. The molecular weight excluding hydrogens is 266 g/mol. The van der Waals surface area contributed by atoms with Crippen LogP contribution in [0.3, 0.4) is 0 Å². The van der Waals surface area contributed by atoms with Crippen molar-refractivity contribution in [1.29, 1.82) is 0 Å². The number of hydrogen-bond donors (Lipinski definition) is 2. The molecule has 2 amide bonds. The number of rotatable bonds is 5. The summed E-state index contributed by atoms with van der Waals surface area (Å²) >= 11 is 0. The Hall–Kier alpha value is -1.59. The van der Waals surface area contributed by atoms with Gasteiger partial charge in [-0.15, -0.1) is 0 Å². The Morgan fingerprint density at radius 3 is 2.86 bits per heavy atom. The number of ether oxygens (including phenoxy) is 1. The molecule has 0 aliphatic carbocycles. The smallest absolute Gasteiger partial charge is 0.319 e. The lowest BCUT2D eigenvalue weighted by Gasteiger charge is -2.32. The van der Waals surface area contributed by atoms with Crippen molar-refractivity contribution < 1.29 is 9.53 Å². The third kappa shape index (κ3) is 5.36. The number of carbonyl (C=O) groups excluding carboxylic acids is 1. The molecule has 1 aromatic rings. The van der Waals surface area contributed by atoms with E-state index in [-0.39, 0.29) is 12.1 Å². The molecule has 1 saturated heterocycles. The molecule has 1 heterocycles. The van der Waals surface area contributed by atoms with E-state index < -0.39 is 0 Å². The summed E-state index contributed by atoms with van der Waals surface area (Å²) in [4.78, 5) is 14.2. The van der Waals surface area contributed by atoms with Crippen LogP contribution in [0.25, 0.3) is 0 Å². The molecule has 5 heteroatoms. The molecule has 1 aromatic carbocycles. The van der Waals surface area contributed by atoms with E-state index in [4.69, 9.17) is 4.74 Å². The quantitative estimate of drug-likeness (QED) is 0.874. The van der Waals surface area contributed by atoms with Gasteiger partial charge in [0, 0.05) is 25.3 Å². The van der Waals surface area contributed by atoms with E-state index in [0.717, 1.165) is 38.3 Å². The number of urea groups is 1. The highest BCUT2D eigenvalue weighted by Gasteiger charge is 2.18. The van der Waals surface area contributed by atoms with Gasteiger partial charge in [-0.1, -0.05) is 24.6 Å². The van der Waals surface area contributed by atoms with Crippen molar-refractivity contribution >= 4 is 11.7 Å². The largest absolute Gasteiger partial charge is 0.375 e. The van der Waals surface area contributed by atoms with Crippen molar-refractivity contribution in [3.63, 3.8) is 0 Å². The fourth-order valence-corrected chi connectivity index (χ4v) is 2.40. The fourth-order valence-electron chi connectivity index (χ4n) is 2.40. The van der Waals surface area contributed by atoms with Crippen LogP contribution in [0.2, 0.25) is 0 Å². The molecule has 1 fully saturated rings. The number of morpholine rings is 1. The summed E-state index contributed by atoms with van der Waals surface area (Å²) in [6.07, 6.45) is 1.07. The molecule has 0 bridgehead atoms. The van der Waals surface area contributed by atoms with Crippen molar-refractivity contribution in [2.45, 2.75) is 26.4 Å². The Balaban J connectivity index is 1.66. The Bertz CT molecular complexity index is 447.